The zero-order valence-corrected chi connectivity index (χ0v) is 13.1. The normalized spacial score (nSPS) is 10.3. The number of nitrogens with one attached hydrogen (secondary N) is 1. The molecule has 6 heteroatoms. The average Bonchev–Trinajstić information content (AvgIpc) is 2.42. The Morgan fingerprint density at radius 3 is 2.70 bits per heavy atom. The summed E-state index contributed by atoms with van der Waals surface area (Å²) < 4.78 is 2.55. The van der Waals surface area contributed by atoms with Gasteiger partial charge in [-0.05, 0) is 53.8 Å². The van der Waals surface area contributed by atoms with Gasteiger partial charge in [0, 0.05) is 34.0 Å². The maximum absolute atomic E-state index is 11.9. The molecule has 2 aromatic rings. The van der Waals surface area contributed by atoms with E-state index in [4.69, 9.17) is 0 Å². The second kappa shape index (κ2) is 6.65. The van der Waals surface area contributed by atoms with Crippen LogP contribution in [-0.2, 0) is 6.54 Å². The fraction of sp³-hybridized carbons (Fsp3) is 0.214. The number of benzene rings is 1. The maximum atomic E-state index is 11.9. The predicted octanol–water partition coefficient (Wildman–Crippen LogP) is 1.59. The van der Waals surface area contributed by atoms with Crippen molar-refractivity contribution >= 4 is 28.5 Å². The van der Waals surface area contributed by atoms with E-state index in [2.05, 4.69) is 32.9 Å². The lowest BCUT2D eigenvalue weighted by molar-refractivity contribution is 0.0952. The van der Waals surface area contributed by atoms with Gasteiger partial charge in [0.15, 0.2) is 0 Å². The number of carbonyl (C=O) groups excluding carboxylic acids is 1. The molecule has 0 aliphatic carbocycles. The zero-order valence-electron chi connectivity index (χ0n) is 11.0. The van der Waals surface area contributed by atoms with Gasteiger partial charge in [-0.2, -0.15) is 0 Å². The van der Waals surface area contributed by atoms with Gasteiger partial charge in [0.1, 0.15) is 0 Å². The zero-order chi connectivity index (χ0) is 14.5. The Morgan fingerprint density at radius 2 is 2.05 bits per heavy atom. The van der Waals surface area contributed by atoms with Crippen LogP contribution in [0, 0.1) is 10.5 Å². The van der Waals surface area contributed by atoms with E-state index < -0.39 is 0 Å². The first-order valence-corrected chi connectivity index (χ1v) is 7.21. The first-order valence-electron chi connectivity index (χ1n) is 6.13. The Bertz CT molecular complexity index is 665. The summed E-state index contributed by atoms with van der Waals surface area (Å²) in [6.45, 7) is 2.56. The van der Waals surface area contributed by atoms with Crippen LogP contribution in [0.4, 0.5) is 0 Å². The molecule has 0 atom stereocenters. The van der Waals surface area contributed by atoms with E-state index in [0.29, 0.717) is 24.3 Å². The van der Waals surface area contributed by atoms with Gasteiger partial charge in [-0.3, -0.25) is 14.2 Å². The number of aryl methyl sites for hydroxylation is 1. The number of aromatic nitrogens is 2. The Hall–Kier alpha value is -1.70. The van der Waals surface area contributed by atoms with Crippen molar-refractivity contribution in [3.8, 4) is 0 Å². The van der Waals surface area contributed by atoms with Crippen molar-refractivity contribution < 1.29 is 4.79 Å². The highest BCUT2D eigenvalue weighted by Gasteiger charge is 2.04. The second-order valence-electron chi connectivity index (χ2n) is 4.32. The van der Waals surface area contributed by atoms with Crippen molar-refractivity contribution in [3.63, 3.8) is 0 Å². The van der Waals surface area contributed by atoms with Gasteiger partial charge in [-0.1, -0.05) is 0 Å². The molecule has 0 saturated heterocycles. The van der Waals surface area contributed by atoms with Gasteiger partial charge in [0.05, 0.1) is 6.33 Å². The Labute approximate surface area is 130 Å². The number of halogens is 1. The molecule has 2 rings (SSSR count). The molecular formula is C14H14IN3O2. The standard InChI is InChI=1S/C14H14IN3O2/c1-10-8-13(19)18(9-17-10)7-6-16-14(20)11-2-4-12(15)5-3-11/h2-5,8-9H,6-7H2,1H3,(H,16,20). The fourth-order valence-electron chi connectivity index (χ4n) is 1.68. The minimum absolute atomic E-state index is 0.110. The van der Waals surface area contributed by atoms with Crippen LogP contribution in [0.1, 0.15) is 16.1 Å². The molecule has 0 aliphatic heterocycles. The first-order chi connectivity index (χ1) is 9.56. The highest BCUT2D eigenvalue weighted by molar-refractivity contribution is 14.1. The molecule has 0 fully saturated rings. The highest BCUT2D eigenvalue weighted by Crippen LogP contribution is 2.06. The smallest absolute Gasteiger partial charge is 0.253 e. The summed E-state index contributed by atoms with van der Waals surface area (Å²) in [5.41, 5.74) is 1.19. The lowest BCUT2D eigenvalue weighted by Crippen LogP contribution is -2.30. The minimum Gasteiger partial charge on any atom is -0.350 e. The van der Waals surface area contributed by atoms with Gasteiger partial charge in [-0.25, -0.2) is 4.98 Å². The minimum atomic E-state index is -0.144. The number of amides is 1. The number of carbonyl (C=O) groups is 1. The Kier molecular flexibility index (Phi) is 4.89. The molecule has 1 N–H and O–H groups in total. The summed E-state index contributed by atoms with van der Waals surface area (Å²) in [5.74, 6) is -0.144. The topological polar surface area (TPSA) is 64.0 Å². The van der Waals surface area contributed by atoms with Crippen LogP contribution in [-0.4, -0.2) is 22.0 Å². The van der Waals surface area contributed by atoms with Gasteiger partial charge in [0.25, 0.3) is 11.5 Å². The quantitative estimate of drug-likeness (QED) is 0.816. The van der Waals surface area contributed by atoms with Gasteiger partial charge in [0.2, 0.25) is 0 Å². The van der Waals surface area contributed by atoms with Crippen molar-refractivity contribution in [1.29, 1.82) is 0 Å². The van der Waals surface area contributed by atoms with Gasteiger partial charge in [-0.15, -0.1) is 0 Å². The molecule has 0 radical (unpaired) electrons. The van der Waals surface area contributed by atoms with Crippen molar-refractivity contribution in [3.05, 3.63) is 61.8 Å². The van der Waals surface area contributed by atoms with Crippen LogP contribution in [0.15, 0.2) is 41.5 Å². The molecule has 1 aromatic heterocycles. The molecule has 0 saturated carbocycles. The lowest BCUT2D eigenvalue weighted by Gasteiger charge is -2.07. The number of nitrogens with zero attached hydrogens (tertiary/aromatic N) is 2. The van der Waals surface area contributed by atoms with Crippen molar-refractivity contribution in [2.24, 2.45) is 0 Å². The summed E-state index contributed by atoms with van der Waals surface area (Å²) in [5, 5.41) is 2.78. The largest absolute Gasteiger partial charge is 0.350 e. The molecule has 1 amide bonds. The molecule has 0 spiro atoms. The summed E-state index contributed by atoms with van der Waals surface area (Å²) in [7, 11) is 0. The number of rotatable bonds is 4. The Balaban J connectivity index is 1.91. The SMILES string of the molecule is Cc1cc(=O)n(CCNC(=O)c2ccc(I)cc2)cn1. The molecule has 0 unspecified atom stereocenters. The predicted molar refractivity (Wildman–Crippen MR) is 84.7 cm³/mol. The van der Waals surface area contributed by atoms with Crippen molar-refractivity contribution in [1.82, 2.24) is 14.9 Å². The van der Waals surface area contributed by atoms with E-state index in [9.17, 15) is 9.59 Å². The van der Waals surface area contributed by atoms with Crippen LogP contribution < -0.4 is 10.9 Å². The first kappa shape index (κ1) is 14.7. The van der Waals surface area contributed by atoms with Crippen LogP contribution in [0.25, 0.3) is 0 Å². The molecule has 0 aliphatic rings. The molecule has 20 heavy (non-hydrogen) atoms. The number of hydrogen-bond acceptors (Lipinski definition) is 3. The second-order valence-corrected chi connectivity index (χ2v) is 5.57. The summed E-state index contributed by atoms with van der Waals surface area (Å²) in [6.07, 6.45) is 1.49. The number of hydrogen-bond donors (Lipinski definition) is 1. The molecule has 1 heterocycles. The fourth-order valence-corrected chi connectivity index (χ4v) is 2.04. The van der Waals surface area contributed by atoms with E-state index in [0.717, 1.165) is 3.57 Å². The van der Waals surface area contributed by atoms with Crippen LogP contribution >= 0.6 is 22.6 Å². The lowest BCUT2D eigenvalue weighted by atomic mass is 10.2. The summed E-state index contributed by atoms with van der Waals surface area (Å²) in [4.78, 5) is 27.6. The van der Waals surface area contributed by atoms with Crippen LogP contribution in [0.2, 0.25) is 0 Å². The summed E-state index contributed by atoms with van der Waals surface area (Å²) in [6, 6.07) is 8.78. The van der Waals surface area contributed by atoms with E-state index in [1.54, 1.807) is 19.1 Å². The van der Waals surface area contributed by atoms with E-state index in [1.807, 2.05) is 12.1 Å². The molecule has 5 nitrogen and oxygen atoms in total. The highest BCUT2D eigenvalue weighted by atomic mass is 127. The third-order valence-corrected chi connectivity index (χ3v) is 3.48. The third kappa shape index (κ3) is 3.89. The van der Waals surface area contributed by atoms with Crippen molar-refractivity contribution in [2.75, 3.05) is 6.54 Å². The van der Waals surface area contributed by atoms with E-state index in [1.165, 1.54) is 17.0 Å². The van der Waals surface area contributed by atoms with E-state index in [-0.39, 0.29) is 11.5 Å². The summed E-state index contributed by atoms with van der Waals surface area (Å²) >= 11 is 2.19. The molecule has 0 bridgehead atoms. The van der Waals surface area contributed by atoms with E-state index >= 15 is 0 Å². The van der Waals surface area contributed by atoms with Gasteiger partial charge >= 0.3 is 0 Å². The maximum Gasteiger partial charge on any atom is 0.253 e. The third-order valence-electron chi connectivity index (χ3n) is 2.76. The molecular weight excluding hydrogens is 369 g/mol. The van der Waals surface area contributed by atoms with Crippen LogP contribution in [0.5, 0.6) is 0 Å². The average molecular weight is 383 g/mol. The monoisotopic (exact) mass is 383 g/mol. The van der Waals surface area contributed by atoms with Crippen molar-refractivity contribution in [2.45, 2.75) is 13.5 Å². The molecule has 1 aromatic carbocycles. The molecule has 104 valence electrons. The van der Waals surface area contributed by atoms with Crippen LogP contribution in [0.3, 0.4) is 0 Å². The Morgan fingerprint density at radius 1 is 1.35 bits per heavy atom. The van der Waals surface area contributed by atoms with Gasteiger partial charge < -0.3 is 5.32 Å².